The summed E-state index contributed by atoms with van der Waals surface area (Å²) in [5.41, 5.74) is -0.0393. The molecule has 1 N–H and O–H groups in total. The first kappa shape index (κ1) is 12.6. The zero-order chi connectivity index (χ0) is 13.3. The van der Waals surface area contributed by atoms with Crippen LogP contribution >= 0.6 is 11.6 Å². The number of methoxy groups -OCH3 is 1. The summed E-state index contributed by atoms with van der Waals surface area (Å²) < 4.78 is 5.59. The normalized spacial score (nSPS) is 17.2. The minimum absolute atomic E-state index is 0.0393. The summed E-state index contributed by atoms with van der Waals surface area (Å²) in [5, 5.41) is 13.8. The molecule has 0 amide bonds. The van der Waals surface area contributed by atoms with Crippen molar-refractivity contribution in [2.45, 2.75) is 24.9 Å². The Morgan fingerprint density at radius 2 is 2.00 bits per heavy atom. The van der Waals surface area contributed by atoms with Gasteiger partial charge in [0.15, 0.2) is 11.0 Å². The molecule has 1 saturated carbocycles. The molecule has 0 spiro atoms. The molecule has 0 saturated heterocycles. The third kappa shape index (κ3) is 2.26. The van der Waals surface area contributed by atoms with Crippen LogP contribution in [0.25, 0.3) is 10.8 Å². The van der Waals surface area contributed by atoms with Gasteiger partial charge in [-0.25, -0.2) is 0 Å². The average Bonchev–Trinajstić information content (AvgIpc) is 2.41. The molecule has 5 heteroatoms. The molecule has 0 radical (unpaired) electrons. The molecular weight excluding hydrogens is 262 g/mol. The minimum Gasteiger partial charge on any atom is -0.376 e. The van der Waals surface area contributed by atoms with Crippen molar-refractivity contribution in [2.24, 2.45) is 0 Å². The van der Waals surface area contributed by atoms with Gasteiger partial charge in [0, 0.05) is 24.4 Å². The Labute approximate surface area is 117 Å². The predicted octanol–water partition coefficient (Wildman–Crippen LogP) is 3.26. The summed E-state index contributed by atoms with van der Waals surface area (Å²) in [6.07, 6.45) is 3.41. The van der Waals surface area contributed by atoms with Crippen LogP contribution in [0.1, 0.15) is 19.3 Å². The van der Waals surface area contributed by atoms with Crippen molar-refractivity contribution in [3.8, 4) is 0 Å². The number of nitrogens with one attached hydrogen (secondary N) is 1. The van der Waals surface area contributed by atoms with E-state index in [4.69, 9.17) is 16.3 Å². The first-order valence-corrected chi connectivity index (χ1v) is 6.82. The molecule has 0 aliphatic heterocycles. The molecule has 3 rings (SSSR count). The molecule has 1 fully saturated rings. The summed E-state index contributed by atoms with van der Waals surface area (Å²) >= 11 is 6.06. The number of hydrogen-bond acceptors (Lipinski definition) is 4. The maximum atomic E-state index is 6.06. The maximum Gasteiger partial charge on any atom is 0.159 e. The highest BCUT2D eigenvalue weighted by molar-refractivity contribution is 6.34. The third-order valence-corrected chi connectivity index (χ3v) is 4.20. The summed E-state index contributed by atoms with van der Waals surface area (Å²) in [4.78, 5) is 0. The van der Waals surface area contributed by atoms with E-state index in [1.807, 2.05) is 24.3 Å². The SMILES string of the molecule is COC1(CNc2nnc(Cl)c3ccccc23)CCC1. The van der Waals surface area contributed by atoms with Crippen LogP contribution < -0.4 is 5.32 Å². The van der Waals surface area contributed by atoms with Crippen molar-refractivity contribution < 1.29 is 4.74 Å². The van der Waals surface area contributed by atoms with Crippen LogP contribution in [0.3, 0.4) is 0 Å². The van der Waals surface area contributed by atoms with E-state index < -0.39 is 0 Å². The maximum absolute atomic E-state index is 6.06. The van der Waals surface area contributed by atoms with Gasteiger partial charge < -0.3 is 10.1 Å². The van der Waals surface area contributed by atoms with Gasteiger partial charge in [0.25, 0.3) is 0 Å². The third-order valence-electron chi connectivity index (χ3n) is 3.92. The molecule has 19 heavy (non-hydrogen) atoms. The van der Waals surface area contributed by atoms with Gasteiger partial charge in [0.2, 0.25) is 0 Å². The van der Waals surface area contributed by atoms with Crippen molar-refractivity contribution in [3.63, 3.8) is 0 Å². The fourth-order valence-electron chi connectivity index (χ4n) is 2.47. The Morgan fingerprint density at radius 1 is 1.26 bits per heavy atom. The second-order valence-corrected chi connectivity index (χ2v) is 5.34. The molecule has 1 aliphatic rings. The molecule has 1 aliphatic carbocycles. The van der Waals surface area contributed by atoms with Crippen molar-refractivity contribution >= 4 is 28.2 Å². The number of ether oxygens (including phenoxy) is 1. The van der Waals surface area contributed by atoms with Gasteiger partial charge in [-0.3, -0.25) is 0 Å². The highest BCUT2D eigenvalue weighted by atomic mass is 35.5. The largest absolute Gasteiger partial charge is 0.376 e. The van der Waals surface area contributed by atoms with E-state index in [9.17, 15) is 0 Å². The summed E-state index contributed by atoms with van der Waals surface area (Å²) in [6, 6.07) is 7.87. The van der Waals surface area contributed by atoms with Crippen molar-refractivity contribution in [1.29, 1.82) is 0 Å². The molecular formula is C14H16ClN3O. The summed E-state index contributed by atoms with van der Waals surface area (Å²) in [7, 11) is 1.77. The highest BCUT2D eigenvalue weighted by Gasteiger charge is 2.36. The highest BCUT2D eigenvalue weighted by Crippen LogP contribution is 2.35. The Kier molecular flexibility index (Phi) is 3.29. The zero-order valence-electron chi connectivity index (χ0n) is 10.8. The van der Waals surface area contributed by atoms with Gasteiger partial charge >= 0.3 is 0 Å². The number of benzene rings is 1. The van der Waals surface area contributed by atoms with Gasteiger partial charge in [0.05, 0.1) is 5.60 Å². The van der Waals surface area contributed by atoms with Gasteiger partial charge in [0.1, 0.15) is 0 Å². The zero-order valence-corrected chi connectivity index (χ0v) is 11.6. The van der Waals surface area contributed by atoms with Crippen LogP contribution in [0.2, 0.25) is 5.15 Å². The molecule has 1 aromatic carbocycles. The van der Waals surface area contributed by atoms with Crippen LogP contribution in [-0.4, -0.2) is 29.5 Å². The van der Waals surface area contributed by atoms with Gasteiger partial charge in [-0.05, 0) is 19.3 Å². The topological polar surface area (TPSA) is 47.0 Å². The molecule has 1 aromatic heterocycles. The number of anilines is 1. The lowest BCUT2D eigenvalue weighted by molar-refractivity contribution is -0.0601. The molecule has 100 valence electrons. The van der Waals surface area contributed by atoms with Crippen LogP contribution in [0.5, 0.6) is 0 Å². The van der Waals surface area contributed by atoms with Crippen LogP contribution in [0.4, 0.5) is 5.82 Å². The Bertz CT molecular complexity index is 593. The number of aromatic nitrogens is 2. The number of hydrogen-bond donors (Lipinski definition) is 1. The minimum atomic E-state index is -0.0393. The fourth-order valence-corrected chi connectivity index (χ4v) is 2.67. The second-order valence-electron chi connectivity index (χ2n) is 4.98. The van der Waals surface area contributed by atoms with Crippen LogP contribution in [0, 0.1) is 0 Å². The molecule has 2 aromatic rings. The Morgan fingerprint density at radius 3 is 2.63 bits per heavy atom. The quantitative estimate of drug-likeness (QED) is 0.932. The van der Waals surface area contributed by atoms with Crippen molar-refractivity contribution in [3.05, 3.63) is 29.4 Å². The molecule has 0 atom stereocenters. The number of halogens is 1. The second kappa shape index (κ2) is 4.94. The number of nitrogens with zero attached hydrogens (tertiary/aromatic N) is 2. The van der Waals surface area contributed by atoms with E-state index in [1.54, 1.807) is 7.11 Å². The van der Waals surface area contributed by atoms with Crippen LogP contribution in [0.15, 0.2) is 24.3 Å². The van der Waals surface area contributed by atoms with Gasteiger partial charge in [-0.15, -0.1) is 10.2 Å². The van der Waals surface area contributed by atoms with Crippen molar-refractivity contribution in [2.75, 3.05) is 19.0 Å². The van der Waals surface area contributed by atoms with E-state index in [-0.39, 0.29) is 5.60 Å². The lowest BCUT2D eigenvalue weighted by atomic mass is 9.80. The van der Waals surface area contributed by atoms with Gasteiger partial charge in [-0.1, -0.05) is 35.9 Å². The first-order chi connectivity index (χ1) is 9.24. The molecule has 1 heterocycles. The van der Waals surface area contributed by atoms with E-state index in [0.717, 1.165) is 36.0 Å². The first-order valence-electron chi connectivity index (χ1n) is 6.44. The average molecular weight is 278 g/mol. The molecule has 0 bridgehead atoms. The Balaban J connectivity index is 1.87. The monoisotopic (exact) mass is 277 g/mol. The summed E-state index contributed by atoms with van der Waals surface area (Å²) in [5.74, 6) is 0.767. The molecule has 4 nitrogen and oxygen atoms in total. The van der Waals surface area contributed by atoms with E-state index in [2.05, 4.69) is 15.5 Å². The number of rotatable bonds is 4. The van der Waals surface area contributed by atoms with Crippen LogP contribution in [-0.2, 0) is 4.74 Å². The number of fused-ring (bicyclic) bond motifs is 1. The Hall–Kier alpha value is -1.39. The summed E-state index contributed by atoms with van der Waals surface area (Å²) in [6.45, 7) is 0.754. The standard InChI is InChI=1S/C14H16ClN3O/c1-19-14(7-4-8-14)9-16-13-11-6-3-2-5-10(11)12(15)17-18-13/h2-3,5-6H,4,7-9H2,1H3,(H,16,18). The fraction of sp³-hybridized carbons (Fsp3) is 0.429. The predicted molar refractivity (Wildman–Crippen MR) is 76.6 cm³/mol. The lowest BCUT2D eigenvalue weighted by Crippen LogP contribution is -2.45. The van der Waals surface area contributed by atoms with Gasteiger partial charge in [-0.2, -0.15) is 0 Å². The molecule has 0 unspecified atom stereocenters. The lowest BCUT2D eigenvalue weighted by Gasteiger charge is -2.40. The smallest absolute Gasteiger partial charge is 0.159 e. The van der Waals surface area contributed by atoms with Crippen molar-refractivity contribution in [1.82, 2.24) is 10.2 Å². The van der Waals surface area contributed by atoms with E-state index >= 15 is 0 Å². The van der Waals surface area contributed by atoms with E-state index in [0.29, 0.717) is 5.15 Å². The van der Waals surface area contributed by atoms with E-state index in [1.165, 1.54) is 6.42 Å².